The van der Waals surface area contributed by atoms with Crippen LogP contribution in [-0.4, -0.2) is 68.2 Å². The van der Waals surface area contributed by atoms with Gasteiger partial charge in [-0.25, -0.2) is 25.1 Å². The van der Waals surface area contributed by atoms with E-state index < -0.39 is 36.6 Å². The number of rotatable bonds is 19. The molecular formula is C37H64N7O6P. The summed E-state index contributed by atoms with van der Waals surface area (Å²) in [4.78, 5) is 39.6. The van der Waals surface area contributed by atoms with Crippen molar-refractivity contribution in [1.82, 2.24) is 29.7 Å². The van der Waals surface area contributed by atoms with E-state index in [9.17, 15) is 14.2 Å². The lowest BCUT2D eigenvalue weighted by Gasteiger charge is -2.36. The fraction of sp³-hybridized carbons (Fsp3) is 0.811. The van der Waals surface area contributed by atoms with Crippen LogP contribution in [0.25, 0.3) is 11.2 Å². The van der Waals surface area contributed by atoms with Crippen molar-refractivity contribution in [3.8, 4) is 0 Å². The zero-order valence-electron chi connectivity index (χ0n) is 32.1. The smallest absolute Gasteiger partial charge is 0.326 e. The number of aromatic nitrogens is 4. The fourth-order valence-corrected chi connectivity index (χ4v) is 10.3. The van der Waals surface area contributed by atoms with Crippen LogP contribution in [0, 0.1) is 23.7 Å². The van der Waals surface area contributed by atoms with Crippen molar-refractivity contribution in [3.63, 3.8) is 0 Å². The number of anilines is 1. The van der Waals surface area contributed by atoms with Crippen molar-refractivity contribution in [2.24, 2.45) is 23.7 Å². The monoisotopic (exact) mass is 733 g/mol. The number of fused-ring (bicyclic) bond motifs is 1. The largest absolute Gasteiger partial charge is 0.464 e. The van der Waals surface area contributed by atoms with Gasteiger partial charge in [-0.15, -0.1) is 0 Å². The molecule has 0 radical (unpaired) electrons. The number of hydrogen-bond donors (Lipinski definition) is 3. The first-order valence-corrected chi connectivity index (χ1v) is 21.1. The summed E-state index contributed by atoms with van der Waals surface area (Å²) in [6, 6.07) is 0. The molecule has 2 fully saturated rings. The molecule has 0 spiro atoms. The Morgan fingerprint density at radius 1 is 0.843 bits per heavy atom. The van der Waals surface area contributed by atoms with Gasteiger partial charge in [0.25, 0.3) is 0 Å². The Labute approximate surface area is 304 Å². The molecular weight excluding hydrogens is 669 g/mol. The lowest BCUT2D eigenvalue weighted by atomic mass is 9.80. The number of ether oxygens (including phenoxy) is 3. The van der Waals surface area contributed by atoms with E-state index >= 15 is 0 Å². The van der Waals surface area contributed by atoms with Gasteiger partial charge in [0.1, 0.15) is 29.3 Å². The van der Waals surface area contributed by atoms with Gasteiger partial charge in [-0.3, -0.25) is 14.2 Å². The van der Waals surface area contributed by atoms with Crippen LogP contribution in [0.1, 0.15) is 126 Å². The number of carbonyl (C=O) groups is 2. The molecule has 2 aromatic heterocycles. The highest BCUT2D eigenvalue weighted by Gasteiger charge is 2.43. The van der Waals surface area contributed by atoms with E-state index in [1.54, 1.807) is 38.6 Å². The van der Waals surface area contributed by atoms with E-state index in [-0.39, 0.29) is 12.2 Å². The van der Waals surface area contributed by atoms with Crippen LogP contribution in [0.3, 0.4) is 0 Å². The second-order valence-electron chi connectivity index (χ2n) is 16.2. The maximum Gasteiger partial charge on any atom is 0.326 e. The maximum absolute atomic E-state index is 14.8. The Balaban J connectivity index is 1.40. The quantitative estimate of drug-likeness (QED) is 0.0999. The van der Waals surface area contributed by atoms with Crippen LogP contribution in [0.4, 0.5) is 5.82 Å². The molecule has 0 aromatic carbocycles. The molecule has 13 nitrogen and oxygen atoms in total. The van der Waals surface area contributed by atoms with Gasteiger partial charge in [0.15, 0.2) is 11.5 Å². The summed E-state index contributed by atoms with van der Waals surface area (Å²) < 4.78 is 34.4. The van der Waals surface area contributed by atoms with E-state index in [0.717, 1.165) is 63.2 Å². The molecule has 0 bridgehead atoms. The third kappa shape index (κ3) is 12.0. The van der Waals surface area contributed by atoms with Gasteiger partial charge in [0.2, 0.25) is 7.44 Å². The molecule has 2 saturated carbocycles. The summed E-state index contributed by atoms with van der Waals surface area (Å²) in [7, 11) is -3.81. The van der Waals surface area contributed by atoms with Gasteiger partial charge >= 0.3 is 11.9 Å². The molecule has 2 aliphatic carbocycles. The van der Waals surface area contributed by atoms with Crippen LogP contribution in [0.5, 0.6) is 0 Å². The third-order valence-corrected chi connectivity index (χ3v) is 12.9. The Hall–Kier alpha value is -2.60. The predicted molar refractivity (Wildman–Crippen MR) is 200 cm³/mol. The van der Waals surface area contributed by atoms with E-state index in [4.69, 9.17) is 19.9 Å². The molecule has 0 amide bonds. The number of nitrogens with one attached hydrogen (secondary N) is 2. The zero-order valence-corrected chi connectivity index (χ0v) is 33.0. The van der Waals surface area contributed by atoms with E-state index in [2.05, 4.69) is 39.0 Å². The van der Waals surface area contributed by atoms with Gasteiger partial charge in [-0.2, -0.15) is 0 Å². The number of hydrogen-bond acceptors (Lipinski definition) is 10. The van der Waals surface area contributed by atoms with E-state index in [1.165, 1.54) is 32.0 Å². The van der Waals surface area contributed by atoms with Crippen LogP contribution < -0.4 is 15.9 Å². The molecule has 2 heterocycles. The van der Waals surface area contributed by atoms with Crippen molar-refractivity contribution in [3.05, 3.63) is 12.7 Å². The Morgan fingerprint density at radius 2 is 1.31 bits per heavy atom. The van der Waals surface area contributed by atoms with Crippen LogP contribution in [0.15, 0.2) is 12.7 Å². The lowest BCUT2D eigenvalue weighted by Crippen LogP contribution is -2.54. The molecule has 51 heavy (non-hydrogen) atoms. The molecule has 4 N–H and O–H groups in total. The second-order valence-corrected chi connectivity index (χ2v) is 18.4. The summed E-state index contributed by atoms with van der Waals surface area (Å²) >= 11 is 0. The maximum atomic E-state index is 14.8. The molecule has 0 saturated heterocycles. The van der Waals surface area contributed by atoms with Gasteiger partial charge in [0, 0.05) is 0 Å². The van der Waals surface area contributed by atoms with Crippen LogP contribution in [-0.2, 0) is 34.9 Å². The number of esters is 2. The van der Waals surface area contributed by atoms with Crippen LogP contribution in [0.2, 0.25) is 0 Å². The topological polar surface area (TPSA) is 173 Å². The molecule has 0 aliphatic heterocycles. The number of nitrogens with zero attached hydrogens (tertiary/aromatic N) is 4. The summed E-state index contributed by atoms with van der Waals surface area (Å²) in [5.74, 6) is 1.43. The molecule has 4 rings (SSSR count). The van der Waals surface area contributed by atoms with Crippen molar-refractivity contribution in [1.29, 1.82) is 0 Å². The number of carbonyl (C=O) groups excluding carboxylic acids is 2. The van der Waals surface area contributed by atoms with Gasteiger partial charge in [-0.1, -0.05) is 65.2 Å². The molecule has 14 heteroatoms. The number of nitrogen functional groups attached to an aromatic ring is 1. The summed E-state index contributed by atoms with van der Waals surface area (Å²) in [5, 5.41) is 6.09. The second kappa shape index (κ2) is 18.4. The zero-order chi connectivity index (χ0) is 37.2. The molecule has 0 unspecified atom stereocenters. The SMILES string of the molecule is CCC[C@H]1CC[C@H](COC(=O)C(C)(C)NP(=O)(CO[C@H](C)Cn2cnc3c(N)ncnc32)NC(C)(C)C(=O)OC[C@H]2CC[C@H](CCC)CC2)CC1. The van der Waals surface area contributed by atoms with Gasteiger partial charge in [-0.05, 0) is 84.0 Å². The standard InChI is InChI=1S/C37H64N7O6P/c1-8-10-27-12-16-29(17-13-27)21-48-34(45)36(4,5)42-51(47,25-50-26(3)20-44-24-41-31-32(38)39-23-40-33(31)44)43-37(6,7)35(46)49-22-30-18-14-28(11-9-2)15-19-30/h23-24,26-30H,8-22,25H2,1-7H3,(H2,38,39,40)(H2,42,43,47)/t26-,27-,28-,29-,30-/m1/s1. The number of imidazole rings is 1. The van der Waals surface area contributed by atoms with Crippen molar-refractivity contribution in [2.45, 2.75) is 149 Å². The predicted octanol–water partition coefficient (Wildman–Crippen LogP) is 7.00. The molecule has 288 valence electrons. The van der Waals surface area contributed by atoms with Gasteiger partial charge < -0.3 is 24.5 Å². The van der Waals surface area contributed by atoms with Crippen LogP contribution >= 0.6 is 7.44 Å². The minimum absolute atomic E-state index is 0.279. The van der Waals surface area contributed by atoms with Crippen molar-refractivity contribution < 1.29 is 28.4 Å². The van der Waals surface area contributed by atoms with Crippen molar-refractivity contribution >= 4 is 36.4 Å². The average Bonchev–Trinajstić information content (AvgIpc) is 3.49. The summed E-state index contributed by atoms with van der Waals surface area (Å²) in [6.07, 6.45) is 15.9. The highest BCUT2D eigenvalue weighted by molar-refractivity contribution is 7.59. The minimum atomic E-state index is -3.81. The summed E-state index contributed by atoms with van der Waals surface area (Å²) in [6.45, 7) is 13.9. The number of nitrogens with two attached hydrogens (primary N) is 1. The average molecular weight is 734 g/mol. The molecule has 2 aromatic rings. The molecule has 1 atom stereocenters. The highest BCUT2D eigenvalue weighted by atomic mass is 31.2. The summed E-state index contributed by atoms with van der Waals surface area (Å²) in [5.41, 5.74) is 4.31. The first-order chi connectivity index (χ1) is 24.1. The highest BCUT2D eigenvalue weighted by Crippen LogP contribution is 2.43. The van der Waals surface area contributed by atoms with Crippen molar-refractivity contribution in [2.75, 3.05) is 25.3 Å². The Morgan fingerprint density at radius 3 is 1.78 bits per heavy atom. The molecule has 2 aliphatic rings. The van der Waals surface area contributed by atoms with Gasteiger partial charge in [0.05, 0.1) is 32.2 Å². The first-order valence-electron chi connectivity index (χ1n) is 19.2. The van der Waals surface area contributed by atoms with E-state index in [0.29, 0.717) is 42.8 Å². The minimum Gasteiger partial charge on any atom is -0.464 e. The fourth-order valence-electron chi connectivity index (χ4n) is 7.62. The normalized spacial score (nSPS) is 22.5. The Bertz CT molecular complexity index is 1410. The van der Waals surface area contributed by atoms with E-state index in [1.807, 2.05) is 6.92 Å². The third-order valence-electron chi connectivity index (χ3n) is 10.6. The Kier molecular flexibility index (Phi) is 14.9. The lowest BCUT2D eigenvalue weighted by molar-refractivity contribution is -0.151. The first kappa shape index (κ1) is 41.2.